The lowest BCUT2D eigenvalue weighted by molar-refractivity contribution is -0.255. The van der Waals surface area contributed by atoms with Crippen molar-refractivity contribution in [2.75, 3.05) is 14.2 Å². The molecular weight excluding hydrogens is 424 g/mol. The number of ketones is 1. The van der Waals surface area contributed by atoms with Crippen LogP contribution >= 0.6 is 11.3 Å². The molecule has 0 fully saturated rings. The van der Waals surface area contributed by atoms with E-state index in [1.165, 1.54) is 35.0 Å². The Morgan fingerprint density at radius 2 is 1.56 bits per heavy atom. The van der Waals surface area contributed by atoms with Crippen LogP contribution in [0.5, 0.6) is 11.5 Å². The van der Waals surface area contributed by atoms with Crippen molar-refractivity contribution in [3.63, 3.8) is 0 Å². The highest BCUT2D eigenvalue weighted by Crippen LogP contribution is 2.41. The molecule has 1 aromatic heterocycles. The van der Waals surface area contributed by atoms with Crippen molar-refractivity contribution in [2.45, 2.75) is 0 Å². The van der Waals surface area contributed by atoms with Gasteiger partial charge in [-0.25, -0.2) is 0 Å². The lowest BCUT2D eigenvalue weighted by atomic mass is 10.0. The SMILES string of the molecule is COc1cc(OC)c(-c2cc3ccccc3s2)cc1/C=C/C(=O)c1ccc(C(=O)[O-])cc1. The van der Waals surface area contributed by atoms with Gasteiger partial charge in [-0.2, -0.15) is 0 Å². The van der Waals surface area contributed by atoms with Crippen LogP contribution in [0.15, 0.2) is 72.8 Å². The number of carbonyl (C=O) groups excluding carboxylic acids is 2. The van der Waals surface area contributed by atoms with Crippen LogP contribution in [0, 0.1) is 0 Å². The summed E-state index contributed by atoms with van der Waals surface area (Å²) in [4.78, 5) is 24.5. The predicted octanol–water partition coefficient (Wildman–Crippen LogP) is 4.85. The minimum absolute atomic E-state index is 0.0235. The monoisotopic (exact) mass is 443 g/mol. The molecule has 4 aromatic rings. The first-order valence-corrected chi connectivity index (χ1v) is 10.6. The molecule has 0 aliphatic rings. The molecule has 5 nitrogen and oxygen atoms in total. The quantitative estimate of drug-likeness (QED) is 0.302. The second kappa shape index (κ2) is 9.08. The van der Waals surface area contributed by atoms with E-state index < -0.39 is 5.97 Å². The summed E-state index contributed by atoms with van der Waals surface area (Å²) in [5.41, 5.74) is 2.03. The summed E-state index contributed by atoms with van der Waals surface area (Å²) in [5.74, 6) is -0.287. The molecule has 0 atom stereocenters. The van der Waals surface area contributed by atoms with Gasteiger partial charge in [-0.1, -0.05) is 42.5 Å². The van der Waals surface area contributed by atoms with Gasteiger partial charge in [0.2, 0.25) is 0 Å². The summed E-state index contributed by atoms with van der Waals surface area (Å²) in [6, 6.07) is 19.6. The molecule has 0 bridgehead atoms. The number of carbonyl (C=O) groups is 2. The van der Waals surface area contributed by atoms with E-state index in [0.717, 1.165) is 21.4 Å². The number of aromatic carboxylic acids is 1. The molecule has 0 aliphatic carbocycles. The van der Waals surface area contributed by atoms with Gasteiger partial charge in [0.25, 0.3) is 0 Å². The Balaban J connectivity index is 1.70. The first-order valence-electron chi connectivity index (χ1n) is 9.79. The zero-order valence-corrected chi connectivity index (χ0v) is 18.3. The molecule has 6 heteroatoms. The lowest BCUT2D eigenvalue weighted by Gasteiger charge is -2.12. The molecule has 0 N–H and O–H groups in total. The van der Waals surface area contributed by atoms with E-state index in [2.05, 4.69) is 18.2 Å². The fourth-order valence-electron chi connectivity index (χ4n) is 3.39. The Morgan fingerprint density at radius 3 is 2.22 bits per heavy atom. The lowest BCUT2D eigenvalue weighted by Crippen LogP contribution is -2.22. The molecule has 0 saturated heterocycles. The second-order valence-electron chi connectivity index (χ2n) is 7.01. The maximum absolute atomic E-state index is 12.6. The highest BCUT2D eigenvalue weighted by Gasteiger charge is 2.14. The van der Waals surface area contributed by atoms with Gasteiger partial charge in [0.15, 0.2) is 5.78 Å². The van der Waals surface area contributed by atoms with Crippen molar-refractivity contribution in [3.8, 4) is 21.9 Å². The fraction of sp³-hybridized carbons (Fsp3) is 0.0769. The van der Waals surface area contributed by atoms with Crippen LogP contribution in [0.25, 0.3) is 26.6 Å². The zero-order valence-electron chi connectivity index (χ0n) is 17.5. The summed E-state index contributed by atoms with van der Waals surface area (Å²) in [7, 11) is 3.17. The third-order valence-electron chi connectivity index (χ3n) is 5.06. The Labute approximate surface area is 189 Å². The van der Waals surface area contributed by atoms with Gasteiger partial charge in [0.1, 0.15) is 11.5 Å². The van der Waals surface area contributed by atoms with E-state index in [9.17, 15) is 14.7 Å². The summed E-state index contributed by atoms with van der Waals surface area (Å²) in [6.45, 7) is 0. The first kappa shape index (κ1) is 21.3. The van der Waals surface area contributed by atoms with Crippen LogP contribution in [0.2, 0.25) is 0 Å². The largest absolute Gasteiger partial charge is 0.545 e. The van der Waals surface area contributed by atoms with Gasteiger partial charge in [-0.15, -0.1) is 11.3 Å². The Bertz CT molecular complexity index is 1300. The average molecular weight is 444 g/mol. The van der Waals surface area contributed by atoms with Gasteiger partial charge >= 0.3 is 0 Å². The van der Waals surface area contributed by atoms with E-state index in [4.69, 9.17) is 9.47 Å². The summed E-state index contributed by atoms with van der Waals surface area (Å²) in [6.07, 6.45) is 3.12. The number of ether oxygens (including phenoxy) is 2. The smallest absolute Gasteiger partial charge is 0.185 e. The highest BCUT2D eigenvalue weighted by molar-refractivity contribution is 7.22. The van der Waals surface area contributed by atoms with Crippen molar-refractivity contribution in [1.82, 2.24) is 0 Å². The van der Waals surface area contributed by atoms with Crippen molar-refractivity contribution < 1.29 is 24.2 Å². The number of fused-ring (bicyclic) bond motifs is 1. The summed E-state index contributed by atoms with van der Waals surface area (Å²) < 4.78 is 12.3. The van der Waals surface area contributed by atoms with E-state index in [-0.39, 0.29) is 11.3 Å². The molecule has 4 rings (SSSR count). The molecule has 0 saturated carbocycles. The van der Waals surface area contributed by atoms with Crippen molar-refractivity contribution >= 4 is 39.3 Å². The molecule has 0 aliphatic heterocycles. The van der Waals surface area contributed by atoms with Gasteiger partial charge < -0.3 is 19.4 Å². The first-order chi connectivity index (χ1) is 15.5. The van der Waals surface area contributed by atoms with Crippen molar-refractivity contribution in [2.24, 2.45) is 0 Å². The maximum Gasteiger partial charge on any atom is 0.185 e. The van der Waals surface area contributed by atoms with Crippen LogP contribution in [-0.4, -0.2) is 26.0 Å². The van der Waals surface area contributed by atoms with Crippen LogP contribution in [0.1, 0.15) is 26.3 Å². The van der Waals surface area contributed by atoms with E-state index >= 15 is 0 Å². The number of carboxylic acids is 1. The number of carboxylic acid groups (broad SMARTS) is 1. The molecule has 160 valence electrons. The zero-order chi connectivity index (χ0) is 22.7. The summed E-state index contributed by atoms with van der Waals surface area (Å²) in [5, 5.41) is 12.0. The maximum atomic E-state index is 12.6. The molecule has 0 amide bonds. The third kappa shape index (κ3) is 4.26. The molecule has 0 spiro atoms. The van der Waals surface area contributed by atoms with Crippen LogP contribution < -0.4 is 14.6 Å². The number of hydrogen-bond donors (Lipinski definition) is 0. The van der Waals surface area contributed by atoms with Gasteiger partial charge in [-0.3, -0.25) is 4.79 Å². The molecule has 3 aromatic carbocycles. The number of hydrogen-bond acceptors (Lipinski definition) is 6. The van der Waals surface area contributed by atoms with Crippen molar-refractivity contribution in [1.29, 1.82) is 0 Å². The third-order valence-corrected chi connectivity index (χ3v) is 6.21. The number of allylic oxidation sites excluding steroid dienone is 1. The molecule has 0 unspecified atom stereocenters. The topological polar surface area (TPSA) is 75.7 Å². The number of benzene rings is 3. The average Bonchev–Trinajstić information content (AvgIpc) is 3.26. The Kier molecular flexibility index (Phi) is 6.05. The molecule has 1 heterocycles. The van der Waals surface area contributed by atoms with E-state index in [1.807, 2.05) is 18.2 Å². The minimum Gasteiger partial charge on any atom is -0.545 e. The predicted molar refractivity (Wildman–Crippen MR) is 125 cm³/mol. The standard InChI is InChI=1S/C26H20O5S/c1-30-22-15-23(31-2)20(25-14-19-5-3-4-6-24(19)32-25)13-18(22)11-12-21(27)16-7-9-17(10-8-16)26(28)29/h3-15H,1-2H3,(H,28,29)/p-1/b12-11+. The number of thiophene rings is 1. The van der Waals surface area contributed by atoms with Gasteiger partial charge in [-0.05, 0) is 41.3 Å². The highest BCUT2D eigenvalue weighted by atomic mass is 32.1. The Hall–Kier alpha value is -3.90. The van der Waals surface area contributed by atoms with Crippen LogP contribution in [0.3, 0.4) is 0 Å². The van der Waals surface area contributed by atoms with Crippen LogP contribution in [0.4, 0.5) is 0 Å². The van der Waals surface area contributed by atoms with Crippen LogP contribution in [-0.2, 0) is 0 Å². The van der Waals surface area contributed by atoms with E-state index in [0.29, 0.717) is 17.1 Å². The number of methoxy groups -OCH3 is 2. The number of rotatable bonds is 7. The molecule has 32 heavy (non-hydrogen) atoms. The van der Waals surface area contributed by atoms with Gasteiger partial charge in [0, 0.05) is 32.3 Å². The molecule has 0 radical (unpaired) electrons. The fourth-order valence-corrected chi connectivity index (χ4v) is 4.48. The van der Waals surface area contributed by atoms with Gasteiger partial charge in [0.05, 0.1) is 20.2 Å². The minimum atomic E-state index is -1.28. The van der Waals surface area contributed by atoms with Crippen molar-refractivity contribution in [3.05, 3.63) is 89.5 Å². The molecular formula is C26H19O5S-. The summed E-state index contributed by atoms with van der Waals surface area (Å²) >= 11 is 1.66. The van der Waals surface area contributed by atoms with E-state index in [1.54, 1.807) is 37.7 Å². The second-order valence-corrected chi connectivity index (χ2v) is 8.09. The normalized spacial score (nSPS) is 11.1. The Morgan fingerprint density at radius 1 is 0.875 bits per heavy atom.